The molecule has 21 heavy (non-hydrogen) atoms. The Bertz CT molecular complexity index is 528. The van der Waals surface area contributed by atoms with Gasteiger partial charge in [-0.1, -0.05) is 26.3 Å². The second-order valence-electron chi connectivity index (χ2n) is 4.75. The molecule has 7 heteroatoms. The number of hydrogen-bond donors (Lipinski definition) is 2. The van der Waals surface area contributed by atoms with Crippen molar-refractivity contribution in [3.63, 3.8) is 0 Å². The van der Waals surface area contributed by atoms with E-state index >= 15 is 0 Å². The van der Waals surface area contributed by atoms with Crippen molar-refractivity contribution in [2.24, 2.45) is 5.92 Å². The third-order valence-corrected chi connectivity index (χ3v) is 3.22. The van der Waals surface area contributed by atoms with Gasteiger partial charge in [0.15, 0.2) is 0 Å². The van der Waals surface area contributed by atoms with E-state index in [9.17, 15) is 22.8 Å². The van der Waals surface area contributed by atoms with E-state index in [2.05, 4.69) is 5.32 Å². The lowest BCUT2D eigenvalue weighted by atomic mass is 9.98. The molecule has 0 heterocycles. The van der Waals surface area contributed by atoms with Gasteiger partial charge in [0.1, 0.15) is 6.04 Å². The second kappa shape index (κ2) is 6.60. The lowest BCUT2D eigenvalue weighted by Crippen LogP contribution is -2.45. The standard InChI is InChI=1S/C14H16F3NO3/c1-3-8(2)11(13(20)21)18-12(19)9-5-4-6-10(7-9)14(15,16)17/h4-8,11H,3H2,1-2H3,(H,18,19)(H,20,21). The number of halogens is 3. The van der Waals surface area contributed by atoms with E-state index in [4.69, 9.17) is 5.11 Å². The minimum atomic E-state index is -4.56. The molecule has 1 aromatic rings. The molecule has 0 saturated heterocycles. The highest BCUT2D eigenvalue weighted by atomic mass is 19.4. The fourth-order valence-electron chi connectivity index (χ4n) is 1.74. The first-order chi connectivity index (χ1) is 9.66. The van der Waals surface area contributed by atoms with Crippen LogP contribution in [0.15, 0.2) is 24.3 Å². The largest absolute Gasteiger partial charge is 0.480 e. The van der Waals surface area contributed by atoms with Crippen molar-refractivity contribution in [3.05, 3.63) is 35.4 Å². The molecule has 2 atom stereocenters. The first-order valence-electron chi connectivity index (χ1n) is 6.37. The average Bonchev–Trinajstić information content (AvgIpc) is 2.42. The Kier molecular flexibility index (Phi) is 5.34. The maximum Gasteiger partial charge on any atom is 0.416 e. The number of rotatable bonds is 5. The highest BCUT2D eigenvalue weighted by Crippen LogP contribution is 2.29. The molecule has 2 unspecified atom stereocenters. The van der Waals surface area contributed by atoms with Crippen molar-refractivity contribution in [1.29, 1.82) is 0 Å². The van der Waals surface area contributed by atoms with Crippen LogP contribution >= 0.6 is 0 Å². The van der Waals surface area contributed by atoms with Gasteiger partial charge in [0.2, 0.25) is 0 Å². The highest BCUT2D eigenvalue weighted by molar-refractivity contribution is 5.96. The van der Waals surface area contributed by atoms with Crippen molar-refractivity contribution in [2.75, 3.05) is 0 Å². The van der Waals surface area contributed by atoms with Crippen LogP contribution in [0, 0.1) is 5.92 Å². The summed E-state index contributed by atoms with van der Waals surface area (Å²) in [6.07, 6.45) is -4.04. The fourth-order valence-corrected chi connectivity index (χ4v) is 1.74. The average molecular weight is 303 g/mol. The molecule has 0 bridgehead atoms. The number of carboxylic acids is 1. The van der Waals surface area contributed by atoms with E-state index in [1.165, 1.54) is 6.07 Å². The summed E-state index contributed by atoms with van der Waals surface area (Å²) in [7, 11) is 0. The smallest absolute Gasteiger partial charge is 0.416 e. The van der Waals surface area contributed by atoms with Crippen LogP contribution in [0.25, 0.3) is 0 Å². The van der Waals surface area contributed by atoms with Gasteiger partial charge in [-0.2, -0.15) is 13.2 Å². The molecule has 1 amide bonds. The number of benzene rings is 1. The van der Waals surface area contributed by atoms with Crippen LogP contribution in [0.4, 0.5) is 13.2 Å². The minimum Gasteiger partial charge on any atom is -0.480 e. The summed E-state index contributed by atoms with van der Waals surface area (Å²) in [5.74, 6) is -2.39. The first kappa shape index (κ1) is 17.0. The van der Waals surface area contributed by atoms with Gasteiger partial charge in [-0.3, -0.25) is 4.79 Å². The van der Waals surface area contributed by atoms with Gasteiger partial charge in [-0.15, -0.1) is 0 Å². The van der Waals surface area contributed by atoms with E-state index in [0.29, 0.717) is 12.5 Å². The Morgan fingerprint density at radius 3 is 2.43 bits per heavy atom. The van der Waals surface area contributed by atoms with Gasteiger partial charge in [0.05, 0.1) is 5.56 Å². The molecule has 0 aliphatic heterocycles. The number of carbonyl (C=O) groups excluding carboxylic acids is 1. The zero-order chi connectivity index (χ0) is 16.2. The quantitative estimate of drug-likeness (QED) is 0.879. The summed E-state index contributed by atoms with van der Waals surface area (Å²) in [4.78, 5) is 23.0. The summed E-state index contributed by atoms with van der Waals surface area (Å²) < 4.78 is 37.7. The van der Waals surface area contributed by atoms with E-state index < -0.39 is 29.7 Å². The van der Waals surface area contributed by atoms with Crippen LogP contribution in [0.3, 0.4) is 0 Å². The zero-order valence-electron chi connectivity index (χ0n) is 11.6. The Morgan fingerprint density at radius 2 is 1.95 bits per heavy atom. The van der Waals surface area contributed by atoms with Crippen LogP contribution in [-0.2, 0) is 11.0 Å². The fraction of sp³-hybridized carbons (Fsp3) is 0.429. The number of nitrogens with one attached hydrogen (secondary N) is 1. The van der Waals surface area contributed by atoms with Gasteiger partial charge in [-0.25, -0.2) is 4.79 Å². The third kappa shape index (κ3) is 4.47. The summed E-state index contributed by atoms with van der Waals surface area (Å²) in [5.41, 5.74) is -1.18. The van der Waals surface area contributed by atoms with Crippen LogP contribution in [0.5, 0.6) is 0 Å². The van der Waals surface area contributed by atoms with E-state index in [-0.39, 0.29) is 11.5 Å². The van der Waals surface area contributed by atoms with E-state index in [1.807, 2.05) is 0 Å². The minimum absolute atomic E-state index is 0.223. The number of hydrogen-bond acceptors (Lipinski definition) is 2. The molecule has 0 spiro atoms. The van der Waals surface area contributed by atoms with E-state index in [0.717, 1.165) is 12.1 Å². The van der Waals surface area contributed by atoms with Crippen molar-refractivity contribution >= 4 is 11.9 Å². The van der Waals surface area contributed by atoms with Gasteiger partial charge in [0.25, 0.3) is 5.91 Å². The number of carboxylic acid groups (broad SMARTS) is 1. The SMILES string of the molecule is CCC(C)C(NC(=O)c1cccc(C(F)(F)F)c1)C(=O)O. The number of amides is 1. The molecule has 0 radical (unpaired) electrons. The second-order valence-corrected chi connectivity index (χ2v) is 4.75. The van der Waals surface area contributed by atoms with Gasteiger partial charge in [0, 0.05) is 5.56 Å². The Labute approximate surface area is 120 Å². The number of carbonyl (C=O) groups is 2. The predicted molar refractivity (Wildman–Crippen MR) is 69.8 cm³/mol. The molecular formula is C14H16F3NO3. The molecule has 1 aromatic carbocycles. The number of alkyl halides is 3. The van der Waals surface area contributed by atoms with Crippen molar-refractivity contribution in [1.82, 2.24) is 5.32 Å². The third-order valence-electron chi connectivity index (χ3n) is 3.22. The maximum absolute atomic E-state index is 12.6. The van der Waals surface area contributed by atoms with Crippen LogP contribution in [0.1, 0.15) is 36.2 Å². The van der Waals surface area contributed by atoms with Gasteiger partial charge in [-0.05, 0) is 24.1 Å². The predicted octanol–water partition coefficient (Wildman–Crippen LogP) is 2.93. The van der Waals surface area contributed by atoms with E-state index in [1.54, 1.807) is 13.8 Å². The molecule has 0 aromatic heterocycles. The summed E-state index contributed by atoms with van der Waals surface area (Å²) in [6, 6.07) is 2.72. The molecule has 0 fully saturated rings. The summed E-state index contributed by atoms with van der Waals surface area (Å²) >= 11 is 0. The van der Waals surface area contributed by atoms with Crippen LogP contribution in [-0.4, -0.2) is 23.0 Å². The number of aliphatic carboxylic acids is 1. The highest BCUT2D eigenvalue weighted by Gasteiger charge is 2.31. The Morgan fingerprint density at radius 1 is 1.33 bits per heavy atom. The normalized spacial score (nSPS) is 14.3. The van der Waals surface area contributed by atoms with Crippen molar-refractivity contribution in [2.45, 2.75) is 32.5 Å². The molecule has 0 aliphatic rings. The monoisotopic (exact) mass is 303 g/mol. The molecule has 1 rings (SSSR count). The summed E-state index contributed by atoms with van der Waals surface area (Å²) in [5, 5.41) is 11.3. The summed E-state index contributed by atoms with van der Waals surface area (Å²) in [6.45, 7) is 3.41. The van der Waals surface area contributed by atoms with Crippen molar-refractivity contribution < 1.29 is 27.9 Å². The first-order valence-corrected chi connectivity index (χ1v) is 6.37. The van der Waals surface area contributed by atoms with Gasteiger partial charge < -0.3 is 10.4 Å². The van der Waals surface area contributed by atoms with Gasteiger partial charge >= 0.3 is 12.1 Å². The topological polar surface area (TPSA) is 66.4 Å². The molecule has 116 valence electrons. The Hall–Kier alpha value is -2.05. The van der Waals surface area contributed by atoms with Crippen LogP contribution in [0.2, 0.25) is 0 Å². The Balaban J connectivity index is 2.96. The molecule has 2 N–H and O–H groups in total. The maximum atomic E-state index is 12.6. The zero-order valence-corrected chi connectivity index (χ0v) is 11.6. The molecule has 0 saturated carbocycles. The lowest BCUT2D eigenvalue weighted by Gasteiger charge is -2.20. The van der Waals surface area contributed by atoms with Crippen molar-refractivity contribution in [3.8, 4) is 0 Å². The molecular weight excluding hydrogens is 287 g/mol. The molecule has 0 aliphatic carbocycles. The molecule has 4 nitrogen and oxygen atoms in total. The van der Waals surface area contributed by atoms with Crippen LogP contribution < -0.4 is 5.32 Å². The lowest BCUT2D eigenvalue weighted by molar-refractivity contribution is -0.140.